The fraction of sp³-hybridized carbons (Fsp3) is 0.368. The highest BCUT2D eigenvalue weighted by molar-refractivity contribution is 6.56. The molecule has 6 radical (unpaired) electrons. The fourth-order valence-corrected chi connectivity index (χ4v) is 3.33. The van der Waals surface area contributed by atoms with E-state index in [-0.39, 0.29) is 5.91 Å². The van der Waals surface area contributed by atoms with Gasteiger partial charge in [-0.1, -0.05) is 0 Å². The summed E-state index contributed by atoms with van der Waals surface area (Å²) in [4.78, 5) is 25.5. The summed E-state index contributed by atoms with van der Waals surface area (Å²) in [5, 5.41) is 6.24. The largest absolute Gasteiger partial charge is 0.310 e. The van der Waals surface area contributed by atoms with E-state index in [0.29, 0.717) is 17.9 Å². The van der Waals surface area contributed by atoms with E-state index in [1.54, 1.807) is 30.9 Å². The number of carbonyl (C=O) groups excluding carboxylic acids is 1. The molecule has 146 valence electrons. The molecule has 4 rings (SSSR count). The molecule has 4 heterocycles. The first kappa shape index (κ1) is 20.6. The number of rotatable bonds is 5. The van der Waals surface area contributed by atoms with E-state index in [2.05, 4.69) is 37.2 Å². The van der Waals surface area contributed by atoms with E-state index in [4.69, 9.17) is 23.5 Å². The molecular formula is C19H20B3N7O. The monoisotopic (exact) mass is 395 g/mol. The molecule has 1 saturated heterocycles. The molecule has 0 saturated carbocycles. The molecule has 0 aromatic carbocycles. The Hall–Kier alpha value is -2.65. The van der Waals surface area contributed by atoms with Gasteiger partial charge >= 0.3 is 0 Å². The first-order chi connectivity index (χ1) is 14.3. The first-order valence-corrected chi connectivity index (χ1v) is 9.67. The number of aromatic nitrogens is 4. The Kier molecular flexibility index (Phi) is 5.66. The minimum Gasteiger partial charge on any atom is -0.310 e. The normalized spacial score (nSPS) is 16.0. The Balaban J connectivity index is 1.49. The topological polar surface area (TPSA) is 79.2 Å². The Morgan fingerprint density at radius 1 is 1.07 bits per heavy atom. The second-order valence-electron chi connectivity index (χ2n) is 7.67. The highest BCUT2D eigenvalue weighted by atomic mass is 16.2. The van der Waals surface area contributed by atoms with Crippen LogP contribution in [0.25, 0.3) is 22.0 Å². The number of piperazine rings is 1. The molecule has 0 bridgehead atoms. The van der Waals surface area contributed by atoms with Crippen molar-refractivity contribution >= 4 is 46.2 Å². The van der Waals surface area contributed by atoms with Crippen LogP contribution in [0.4, 0.5) is 5.82 Å². The zero-order valence-electron chi connectivity index (χ0n) is 16.8. The second-order valence-corrected chi connectivity index (χ2v) is 7.67. The van der Waals surface area contributed by atoms with Gasteiger partial charge in [-0.15, -0.1) is 0 Å². The van der Waals surface area contributed by atoms with E-state index in [1.807, 2.05) is 6.07 Å². The number of hydrogen-bond donors (Lipinski definition) is 1. The summed E-state index contributed by atoms with van der Waals surface area (Å²) in [6, 6.07) is 3.74. The highest BCUT2D eigenvalue weighted by Gasteiger charge is 2.17. The van der Waals surface area contributed by atoms with Gasteiger partial charge in [0, 0.05) is 55.1 Å². The summed E-state index contributed by atoms with van der Waals surface area (Å²) >= 11 is 0. The van der Waals surface area contributed by atoms with Gasteiger partial charge in [0.15, 0.2) is 0 Å². The van der Waals surface area contributed by atoms with Gasteiger partial charge in [0.05, 0.1) is 48.0 Å². The lowest BCUT2D eigenvalue weighted by atomic mass is 9.49. The standard InChI is InChI=1S/C19H20B3N7O/c1-27-2-4-28(5-3-27)12-18(30)26-17-7-13-6-14(8-23-16(13)10-24-17)15-9-25-29(11-15)19(20,21)22/h6-11H,2-5,12H2,1H3,(H,24,26,30). The van der Waals surface area contributed by atoms with Crippen LogP contribution in [0, 0.1) is 0 Å². The average molecular weight is 395 g/mol. The number of nitrogens with one attached hydrogen (secondary N) is 1. The van der Waals surface area contributed by atoms with Crippen molar-refractivity contribution in [2.45, 2.75) is 5.24 Å². The lowest BCUT2D eigenvalue weighted by Gasteiger charge is -2.31. The number of likely N-dealkylation sites (N-methyl/N-ethyl adjacent to an activating group) is 1. The molecule has 3 aromatic heterocycles. The maximum atomic E-state index is 12.4. The Morgan fingerprint density at radius 3 is 2.53 bits per heavy atom. The first-order valence-electron chi connectivity index (χ1n) is 9.67. The number of fused-ring (bicyclic) bond motifs is 1. The SMILES string of the molecule is [B]C([B])([B])n1cc(-c2cnc3cnc(NC(=O)CN4CCN(C)CC4)cc3c2)cn1. The summed E-state index contributed by atoms with van der Waals surface area (Å²) in [6.45, 7) is 4.04. The van der Waals surface area contributed by atoms with Crippen molar-refractivity contribution in [1.82, 2.24) is 29.5 Å². The third-order valence-corrected chi connectivity index (χ3v) is 5.11. The summed E-state index contributed by atoms with van der Waals surface area (Å²) in [5.41, 5.74) is 2.31. The quantitative estimate of drug-likeness (QED) is 0.601. The Labute approximate surface area is 179 Å². The lowest BCUT2D eigenvalue weighted by molar-refractivity contribution is -0.117. The molecule has 0 atom stereocenters. The van der Waals surface area contributed by atoms with Gasteiger partial charge in [0.1, 0.15) is 5.82 Å². The van der Waals surface area contributed by atoms with Gasteiger partial charge in [0.25, 0.3) is 0 Å². The van der Waals surface area contributed by atoms with Gasteiger partial charge in [-0.05, 0) is 24.4 Å². The van der Waals surface area contributed by atoms with Crippen LogP contribution < -0.4 is 5.32 Å². The molecule has 1 aliphatic rings. The van der Waals surface area contributed by atoms with E-state index in [1.165, 1.54) is 4.68 Å². The zero-order chi connectivity index (χ0) is 21.3. The average Bonchev–Trinajstić information content (AvgIpc) is 3.20. The molecule has 0 unspecified atom stereocenters. The van der Waals surface area contributed by atoms with Gasteiger partial charge < -0.3 is 10.2 Å². The van der Waals surface area contributed by atoms with Crippen LogP contribution in [0.5, 0.6) is 0 Å². The summed E-state index contributed by atoms with van der Waals surface area (Å²) < 4.78 is 1.28. The number of carbonyl (C=O) groups is 1. The fourth-order valence-electron chi connectivity index (χ4n) is 3.33. The number of nitrogens with zero attached hydrogens (tertiary/aromatic N) is 6. The Morgan fingerprint density at radius 2 is 1.83 bits per heavy atom. The molecule has 3 aromatic rings. The molecule has 1 N–H and O–H groups in total. The van der Waals surface area contributed by atoms with Crippen molar-refractivity contribution in [2.24, 2.45) is 0 Å². The molecule has 11 heteroatoms. The predicted octanol–water partition coefficient (Wildman–Crippen LogP) is -0.247. The maximum Gasteiger partial charge on any atom is 0.239 e. The molecule has 1 fully saturated rings. The van der Waals surface area contributed by atoms with Crippen molar-refractivity contribution in [2.75, 3.05) is 45.1 Å². The summed E-state index contributed by atoms with van der Waals surface area (Å²) in [6.07, 6.45) is 6.62. The van der Waals surface area contributed by atoms with Crippen LogP contribution in [0.3, 0.4) is 0 Å². The smallest absolute Gasteiger partial charge is 0.239 e. The minimum atomic E-state index is -1.58. The summed E-state index contributed by atoms with van der Waals surface area (Å²) in [5.74, 6) is 0.406. The van der Waals surface area contributed by atoms with E-state index < -0.39 is 5.24 Å². The van der Waals surface area contributed by atoms with Gasteiger partial charge in [0.2, 0.25) is 5.91 Å². The molecule has 1 amide bonds. The molecule has 30 heavy (non-hydrogen) atoms. The van der Waals surface area contributed by atoms with Crippen molar-refractivity contribution in [3.05, 3.63) is 36.9 Å². The number of hydrogen-bond acceptors (Lipinski definition) is 6. The molecule has 1 aliphatic heterocycles. The zero-order valence-corrected chi connectivity index (χ0v) is 16.8. The predicted molar refractivity (Wildman–Crippen MR) is 119 cm³/mol. The van der Waals surface area contributed by atoms with Gasteiger partial charge in [-0.3, -0.25) is 19.4 Å². The van der Waals surface area contributed by atoms with Gasteiger partial charge in [-0.25, -0.2) is 4.98 Å². The highest BCUT2D eigenvalue weighted by Crippen LogP contribution is 2.24. The number of pyridine rings is 2. The van der Waals surface area contributed by atoms with E-state index in [9.17, 15) is 4.79 Å². The van der Waals surface area contributed by atoms with Crippen molar-refractivity contribution in [3.63, 3.8) is 0 Å². The van der Waals surface area contributed by atoms with Crippen LogP contribution >= 0.6 is 0 Å². The second kappa shape index (κ2) is 8.24. The van der Waals surface area contributed by atoms with Crippen LogP contribution in [0.2, 0.25) is 0 Å². The summed E-state index contributed by atoms with van der Waals surface area (Å²) in [7, 11) is 19.1. The van der Waals surface area contributed by atoms with E-state index >= 15 is 0 Å². The van der Waals surface area contributed by atoms with Crippen LogP contribution in [-0.2, 0) is 10.0 Å². The molecule has 0 aliphatic carbocycles. The van der Waals surface area contributed by atoms with Crippen LogP contribution in [0.1, 0.15) is 0 Å². The van der Waals surface area contributed by atoms with Crippen molar-refractivity contribution in [3.8, 4) is 11.1 Å². The van der Waals surface area contributed by atoms with E-state index in [0.717, 1.165) is 42.7 Å². The van der Waals surface area contributed by atoms with Gasteiger partial charge in [-0.2, -0.15) is 5.10 Å². The Bertz CT molecular complexity index is 1060. The number of amides is 1. The lowest BCUT2D eigenvalue weighted by Crippen LogP contribution is -2.47. The van der Waals surface area contributed by atoms with Crippen molar-refractivity contribution in [1.29, 1.82) is 0 Å². The molecular weight excluding hydrogens is 375 g/mol. The third-order valence-electron chi connectivity index (χ3n) is 5.11. The minimum absolute atomic E-state index is 0.0815. The maximum absolute atomic E-state index is 12.4. The van der Waals surface area contributed by atoms with Crippen LogP contribution in [0.15, 0.2) is 36.9 Å². The molecule has 0 spiro atoms. The van der Waals surface area contributed by atoms with Crippen molar-refractivity contribution < 1.29 is 4.79 Å². The molecule has 8 nitrogen and oxygen atoms in total. The third kappa shape index (κ3) is 4.74. The van der Waals surface area contributed by atoms with Crippen LogP contribution in [-0.4, -0.2) is 98.8 Å². The number of anilines is 1.